The van der Waals surface area contributed by atoms with Crippen molar-refractivity contribution in [3.8, 4) is 0 Å². The van der Waals surface area contributed by atoms with Gasteiger partial charge in [-0.25, -0.2) is 4.79 Å². The fourth-order valence-electron chi connectivity index (χ4n) is 3.13. The molecule has 0 aromatic heterocycles. The van der Waals surface area contributed by atoms with Crippen molar-refractivity contribution < 1.29 is 19.1 Å². The van der Waals surface area contributed by atoms with E-state index in [1.807, 2.05) is 24.3 Å². The Kier molecular flexibility index (Phi) is 6.40. The van der Waals surface area contributed by atoms with E-state index in [9.17, 15) is 14.4 Å². The fourth-order valence-corrected chi connectivity index (χ4v) is 3.13. The van der Waals surface area contributed by atoms with Crippen LogP contribution in [0.2, 0.25) is 0 Å². The van der Waals surface area contributed by atoms with Crippen molar-refractivity contribution in [2.24, 2.45) is 0 Å². The molecule has 3 rings (SSSR count). The van der Waals surface area contributed by atoms with Crippen LogP contribution in [0.3, 0.4) is 0 Å². The standard InChI is InChI=1S/C23H27N3O4/c1-23(2,3)30-22(29)25-18-10-8-17(9-11-18)21(28)24-15-16-6-12-19(13-7-16)26-14-4-5-20(26)27/h6-13H,4-5,14-15H2,1-3H3,(H,24,28)(H,25,29). The lowest BCUT2D eigenvalue weighted by Gasteiger charge is -2.19. The minimum Gasteiger partial charge on any atom is -0.444 e. The number of nitrogens with zero attached hydrogens (tertiary/aromatic N) is 1. The first-order chi connectivity index (χ1) is 14.2. The Hall–Kier alpha value is -3.35. The maximum Gasteiger partial charge on any atom is 0.412 e. The van der Waals surface area contributed by atoms with Gasteiger partial charge < -0.3 is 15.0 Å². The van der Waals surface area contributed by atoms with E-state index in [0.29, 0.717) is 24.2 Å². The van der Waals surface area contributed by atoms with Gasteiger partial charge in [-0.2, -0.15) is 0 Å². The van der Waals surface area contributed by atoms with Gasteiger partial charge in [-0.05, 0) is 69.2 Å². The number of nitrogens with one attached hydrogen (secondary N) is 2. The molecule has 2 N–H and O–H groups in total. The van der Waals surface area contributed by atoms with Crippen LogP contribution in [-0.4, -0.2) is 30.1 Å². The average Bonchev–Trinajstić information content (AvgIpc) is 3.11. The fraction of sp³-hybridized carbons (Fsp3) is 0.348. The van der Waals surface area contributed by atoms with Crippen molar-refractivity contribution in [1.82, 2.24) is 5.32 Å². The Balaban J connectivity index is 1.51. The van der Waals surface area contributed by atoms with E-state index < -0.39 is 11.7 Å². The Morgan fingerprint density at radius 1 is 1.03 bits per heavy atom. The number of amides is 3. The van der Waals surface area contributed by atoms with Crippen LogP contribution in [0.25, 0.3) is 0 Å². The van der Waals surface area contributed by atoms with Crippen molar-refractivity contribution in [3.05, 3.63) is 59.7 Å². The number of hydrogen-bond donors (Lipinski definition) is 2. The van der Waals surface area contributed by atoms with Crippen molar-refractivity contribution >= 4 is 29.3 Å². The van der Waals surface area contributed by atoms with Gasteiger partial charge in [-0.3, -0.25) is 14.9 Å². The van der Waals surface area contributed by atoms with E-state index in [-0.39, 0.29) is 11.8 Å². The van der Waals surface area contributed by atoms with Crippen molar-refractivity contribution in [2.45, 2.75) is 45.8 Å². The Labute approximate surface area is 176 Å². The number of carbonyl (C=O) groups is 3. The van der Waals surface area contributed by atoms with E-state index >= 15 is 0 Å². The zero-order chi connectivity index (χ0) is 21.7. The van der Waals surface area contributed by atoms with Crippen molar-refractivity contribution in [1.29, 1.82) is 0 Å². The molecule has 1 aliphatic heterocycles. The highest BCUT2D eigenvalue weighted by molar-refractivity contribution is 5.96. The average molecular weight is 409 g/mol. The molecule has 7 nitrogen and oxygen atoms in total. The number of hydrogen-bond acceptors (Lipinski definition) is 4. The zero-order valence-corrected chi connectivity index (χ0v) is 17.5. The highest BCUT2D eigenvalue weighted by Gasteiger charge is 2.21. The van der Waals surface area contributed by atoms with Gasteiger partial charge in [-0.1, -0.05) is 12.1 Å². The second-order valence-corrected chi connectivity index (χ2v) is 8.20. The van der Waals surface area contributed by atoms with Crippen LogP contribution in [0.1, 0.15) is 49.5 Å². The van der Waals surface area contributed by atoms with Gasteiger partial charge in [0.2, 0.25) is 5.91 Å². The number of rotatable bonds is 5. The maximum atomic E-state index is 12.4. The molecule has 0 saturated carbocycles. The lowest BCUT2D eigenvalue weighted by atomic mass is 10.1. The Morgan fingerprint density at radius 3 is 2.27 bits per heavy atom. The summed E-state index contributed by atoms with van der Waals surface area (Å²) in [5, 5.41) is 5.51. The highest BCUT2D eigenvalue weighted by atomic mass is 16.6. The molecule has 1 heterocycles. The predicted octanol–water partition coefficient (Wildman–Crippen LogP) is 4.09. The van der Waals surface area contributed by atoms with Crippen LogP contribution in [0.5, 0.6) is 0 Å². The summed E-state index contributed by atoms with van der Waals surface area (Å²) in [6.07, 6.45) is 0.950. The molecular weight excluding hydrogens is 382 g/mol. The lowest BCUT2D eigenvalue weighted by molar-refractivity contribution is -0.117. The summed E-state index contributed by atoms with van der Waals surface area (Å²) in [6, 6.07) is 14.2. The van der Waals surface area contributed by atoms with Crippen LogP contribution in [-0.2, 0) is 16.1 Å². The van der Waals surface area contributed by atoms with Crippen LogP contribution in [0.4, 0.5) is 16.2 Å². The van der Waals surface area contributed by atoms with E-state index in [4.69, 9.17) is 4.74 Å². The van der Waals surface area contributed by atoms with Gasteiger partial charge >= 0.3 is 6.09 Å². The zero-order valence-electron chi connectivity index (χ0n) is 17.5. The third-order valence-electron chi connectivity index (χ3n) is 4.57. The topological polar surface area (TPSA) is 87.7 Å². The van der Waals surface area contributed by atoms with E-state index in [0.717, 1.165) is 24.2 Å². The number of anilines is 2. The third-order valence-corrected chi connectivity index (χ3v) is 4.57. The molecule has 1 fully saturated rings. The van der Waals surface area contributed by atoms with Gasteiger partial charge in [0, 0.05) is 36.4 Å². The molecule has 158 valence electrons. The molecule has 0 radical (unpaired) electrons. The molecule has 30 heavy (non-hydrogen) atoms. The number of benzene rings is 2. The quantitative estimate of drug-likeness (QED) is 0.779. The molecule has 0 unspecified atom stereocenters. The van der Waals surface area contributed by atoms with Gasteiger partial charge in [0.1, 0.15) is 5.60 Å². The molecule has 0 aliphatic carbocycles. The molecule has 2 aromatic carbocycles. The Morgan fingerprint density at radius 2 is 1.70 bits per heavy atom. The lowest BCUT2D eigenvalue weighted by Crippen LogP contribution is -2.27. The van der Waals surface area contributed by atoms with Gasteiger partial charge in [0.05, 0.1) is 0 Å². The highest BCUT2D eigenvalue weighted by Crippen LogP contribution is 2.21. The van der Waals surface area contributed by atoms with Gasteiger partial charge in [-0.15, -0.1) is 0 Å². The maximum absolute atomic E-state index is 12.4. The first-order valence-corrected chi connectivity index (χ1v) is 9.99. The van der Waals surface area contributed by atoms with Crippen LogP contribution < -0.4 is 15.5 Å². The SMILES string of the molecule is CC(C)(C)OC(=O)Nc1ccc(C(=O)NCc2ccc(N3CCCC3=O)cc2)cc1. The molecule has 1 saturated heterocycles. The minimum atomic E-state index is -0.577. The Bertz CT molecular complexity index is 915. The second-order valence-electron chi connectivity index (χ2n) is 8.20. The van der Waals surface area contributed by atoms with Gasteiger partial charge in [0.25, 0.3) is 5.91 Å². The van der Waals surface area contributed by atoms with E-state index in [1.165, 1.54) is 0 Å². The van der Waals surface area contributed by atoms with Crippen LogP contribution in [0.15, 0.2) is 48.5 Å². The molecule has 1 aliphatic rings. The molecule has 0 atom stereocenters. The molecule has 2 aromatic rings. The first-order valence-electron chi connectivity index (χ1n) is 9.99. The summed E-state index contributed by atoms with van der Waals surface area (Å²) in [6.45, 7) is 6.51. The van der Waals surface area contributed by atoms with Crippen LogP contribution in [0, 0.1) is 0 Å². The molecule has 7 heteroatoms. The minimum absolute atomic E-state index is 0.153. The summed E-state index contributed by atoms with van der Waals surface area (Å²) in [7, 11) is 0. The number of ether oxygens (including phenoxy) is 1. The summed E-state index contributed by atoms with van der Waals surface area (Å²) in [5.41, 5.74) is 2.30. The first kappa shape index (κ1) is 21.4. The molecule has 0 spiro atoms. The summed E-state index contributed by atoms with van der Waals surface area (Å²) >= 11 is 0. The molecular formula is C23H27N3O4. The monoisotopic (exact) mass is 409 g/mol. The number of carbonyl (C=O) groups excluding carboxylic acids is 3. The second kappa shape index (κ2) is 8.98. The normalized spacial score (nSPS) is 13.8. The van der Waals surface area contributed by atoms with Crippen LogP contribution >= 0.6 is 0 Å². The summed E-state index contributed by atoms with van der Waals surface area (Å²) < 4.78 is 5.20. The summed E-state index contributed by atoms with van der Waals surface area (Å²) in [5.74, 6) is -0.0572. The summed E-state index contributed by atoms with van der Waals surface area (Å²) in [4.78, 5) is 37.8. The largest absolute Gasteiger partial charge is 0.444 e. The predicted molar refractivity (Wildman–Crippen MR) is 115 cm³/mol. The van der Waals surface area contributed by atoms with E-state index in [1.54, 1.807) is 49.9 Å². The van der Waals surface area contributed by atoms with E-state index in [2.05, 4.69) is 10.6 Å². The van der Waals surface area contributed by atoms with Crippen molar-refractivity contribution in [2.75, 3.05) is 16.8 Å². The molecule has 0 bridgehead atoms. The third kappa shape index (κ3) is 5.83. The van der Waals surface area contributed by atoms with Gasteiger partial charge in [0.15, 0.2) is 0 Å². The molecule has 3 amide bonds. The smallest absolute Gasteiger partial charge is 0.412 e. The van der Waals surface area contributed by atoms with Crippen molar-refractivity contribution in [3.63, 3.8) is 0 Å².